The molecule has 2 bridgehead atoms. The molecule has 0 aromatic carbocycles. The lowest BCUT2D eigenvalue weighted by molar-refractivity contribution is -0.242. The predicted molar refractivity (Wildman–Crippen MR) is 64.9 cm³/mol. The molecule has 3 rings (SSSR count). The number of pyridine rings is 1. The third kappa shape index (κ3) is 3.12. The fraction of sp³-hybridized carbons (Fsp3) is 0.615. The predicted octanol–water partition coefficient (Wildman–Crippen LogP) is 2.10. The van der Waals surface area contributed by atoms with Gasteiger partial charge in [-0.05, 0) is 6.07 Å². The molecule has 0 amide bonds. The van der Waals surface area contributed by atoms with Gasteiger partial charge in [-0.15, -0.1) is 0 Å². The molecule has 2 fully saturated rings. The van der Waals surface area contributed by atoms with Crippen molar-refractivity contribution in [2.24, 2.45) is 0 Å². The van der Waals surface area contributed by atoms with Crippen LogP contribution < -0.4 is 4.74 Å². The Balaban J connectivity index is 1.64. The van der Waals surface area contributed by atoms with Crippen molar-refractivity contribution in [3.05, 3.63) is 23.9 Å². The van der Waals surface area contributed by atoms with E-state index < -0.39 is 11.7 Å². The fourth-order valence-electron chi connectivity index (χ4n) is 2.73. The van der Waals surface area contributed by atoms with Gasteiger partial charge in [0, 0.05) is 25.1 Å². The Morgan fingerprint density at radius 2 is 1.90 bits per heavy atom. The van der Waals surface area contributed by atoms with E-state index in [9.17, 15) is 18.4 Å². The summed E-state index contributed by atoms with van der Waals surface area (Å²) in [6.45, 7) is 0.848. The number of fused-ring (bicyclic) bond motifs is 2. The smallest absolute Gasteiger partial charge is 0.417 e. The topological polar surface area (TPSA) is 54.8 Å². The monoisotopic (exact) mass is 304 g/mol. The van der Waals surface area contributed by atoms with Crippen LogP contribution in [0.1, 0.15) is 18.4 Å². The van der Waals surface area contributed by atoms with Crippen molar-refractivity contribution in [1.29, 1.82) is 0 Å². The highest BCUT2D eigenvalue weighted by atomic mass is 19.4. The zero-order valence-corrected chi connectivity index (χ0v) is 11.1. The minimum absolute atomic E-state index is 0.142. The first-order valence-electron chi connectivity index (χ1n) is 6.68. The molecule has 0 spiro atoms. The summed E-state index contributed by atoms with van der Waals surface area (Å²) in [6.07, 6.45) is -2.72. The third-order valence-electron chi connectivity index (χ3n) is 3.79. The minimum Gasteiger partial charge on any atom is -0.474 e. The number of piperidine rings is 1. The average Bonchev–Trinajstić information content (AvgIpc) is 2.39. The van der Waals surface area contributed by atoms with Crippen molar-refractivity contribution < 1.29 is 27.9 Å². The summed E-state index contributed by atoms with van der Waals surface area (Å²) in [5.74, 6) is 0.165. The molecule has 0 radical (unpaired) electrons. The van der Waals surface area contributed by atoms with E-state index in [-0.39, 0.29) is 24.1 Å². The zero-order chi connectivity index (χ0) is 15.0. The van der Waals surface area contributed by atoms with E-state index in [0.717, 1.165) is 12.3 Å². The molecule has 2 aliphatic rings. The lowest BCUT2D eigenvalue weighted by Crippen LogP contribution is -2.57. The molecule has 3 atom stereocenters. The molecular weight excluding hydrogens is 289 g/mol. The SMILES string of the molecule is ON1[C@@H]2COC[C@H]1C[C@@H](Oc1ccc(C(F)(F)F)cn1)C2. The van der Waals surface area contributed by atoms with Crippen LogP contribution in [0.5, 0.6) is 5.88 Å². The van der Waals surface area contributed by atoms with Gasteiger partial charge < -0.3 is 14.7 Å². The largest absolute Gasteiger partial charge is 0.474 e. The van der Waals surface area contributed by atoms with Crippen LogP contribution in [0.3, 0.4) is 0 Å². The molecule has 2 aliphatic heterocycles. The maximum atomic E-state index is 12.4. The average molecular weight is 304 g/mol. The molecule has 116 valence electrons. The highest BCUT2D eigenvalue weighted by Crippen LogP contribution is 2.31. The second kappa shape index (κ2) is 5.43. The van der Waals surface area contributed by atoms with Crippen LogP contribution in [0.4, 0.5) is 13.2 Å². The first kappa shape index (κ1) is 14.6. The van der Waals surface area contributed by atoms with E-state index >= 15 is 0 Å². The molecule has 1 N–H and O–H groups in total. The van der Waals surface area contributed by atoms with Crippen molar-refractivity contribution in [3.63, 3.8) is 0 Å². The van der Waals surface area contributed by atoms with Crippen molar-refractivity contribution in [2.75, 3.05) is 13.2 Å². The van der Waals surface area contributed by atoms with Crippen LogP contribution in [-0.2, 0) is 10.9 Å². The minimum atomic E-state index is -4.40. The summed E-state index contributed by atoms with van der Waals surface area (Å²) < 4.78 is 48.3. The van der Waals surface area contributed by atoms with E-state index in [1.165, 1.54) is 11.1 Å². The first-order valence-corrected chi connectivity index (χ1v) is 6.68. The normalized spacial score (nSPS) is 30.2. The molecule has 1 aromatic heterocycles. The van der Waals surface area contributed by atoms with E-state index in [0.29, 0.717) is 26.1 Å². The second-order valence-corrected chi connectivity index (χ2v) is 5.32. The van der Waals surface area contributed by atoms with E-state index in [1.807, 2.05) is 0 Å². The molecule has 5 nitrogen and oxygen atoms in total. The third-order valence-corrected chi connectivity index (χ3v) is 3.79. The number of rotatable bonds is 2. The van der Waals surface area contributed by atoms with Crippen molar-refractivity contribution in [3.8, 4) is 5.88 Å². The summed E-state index contributed by atoms with van der Waals surface area (Å²) in [4.78, 5) is 3.70. The summed E-state index contributed by atoms with van der Waals surface area (Å²) >= 11 is 0. The van der Waals surface area contributed by atoms with Gasteiger partial charge >= 0.3 is 6.18 Å². The van der Waals surface area contributed by atoms with E-state index in [2.05, 4.69) is 4.98 Å². The number of alkyl halides is 3. The molecular formula is C13H15F3N2O3. The van der Waals surface area contributed by atoms with Crippen LogP contribution in [0.15, 0.2) is 18.3 Å². The Morgan fingerprint density at radius 3 is 2.43 bits per heavy atom. The molecule has 21 heavy (non-hydrogen) atoms. The number of hydrogen-bond donors (Lipinski definition) is 1. The zero-order valence-electron chi connectivity index (χ0n) is 11.1. The number of halogens is 3. The number of hydrogen-bond acceptors (Lipinski definition) is 5. The van der Waals surface area contributed by atoms with Gasteiger partial charge in [-0.2, -0.15) is 18.2 Å². The summed E-state index contributed by atoms with van der Waals surface area (Å²) in [5, 5.41) is 11.2. The molecule has 8 heteroatoms. The van der Waals surface area contributed by atoms with Gasteiger partial charge in [-0.25, -0.2) is 4.98 Å². The van der Waals surface area contributed by atoms with Gasteiger partial charge in [-0.3, -0.25) is 0 Å². The van der Waals surface area contributed by atoms with E-state index in [1.54, 1.807) is 0 Å². The second-order valence-electron chi connectivity index (χ2n) is 5.32. The Hall–Kier alpha value is -1.38. The Kier molecular flexibility index (Phi) is 3.76. The van der Waals surface area contributed by atoms with Gasteiger partial charge in [0.25, 0.3) is 0 Å². The quantitative estimate of drug-likeness (QED) is 0.907. The van der Waals surface area contributed by atoms with Gasteiger partial charge in [0.1, 0.15) is 6.10 Å². The summed E-state index contributed by atoms with van der Waals surface area (Å²) in [5.41, 5.74) is -0.801. The van der Waals surface area contributed by atoms with Gasteiger partial charge in [0.2, 0.25) is 5.88 Å². The van der Waals surface area contributed by atoms with Crippen LogP contribution in [0.25, 0.3) is 0 Å². The Morgan fingerprint density at radius 1 is 1.24 bits per heavy atom. The van der Waals surface area contributed by atoms with Crippen molar-refractivity contribution in [2.45, 2.75) is 37.2 Å². The Bertz CT molecular complexity index is 480. The molecule has 3 heterocycles. The summed E-state index contributed by atoms with van der Waals surface area (Å²) in [6, 6.07) is 1.89. The highest BCUT2D eigenvalue weighted by Gasteiger charge is 2.39. The van der Waals surface area contributed by atoms with Gasteiger partial charge in [0.05, 0.1) is 30.9 Å². The lowest BCUT2D eigenvalue weighted by Gasteiger charge is -2.44. The Labute approximate surface area is 119 Å². The lowest BCUT2D eigenvalue weighted by atomic mass is 9.94. The van der Waals surface area contributed by atoms with E-state index in [4.69, 9.17) is 9.47 Å². The number of hydroxylamine groups is 2. The van der Waals surface area contributed by atoms with Crippen LogP contribution >= 0.6 is 0 Å². The number of nitrogens with zero attached hydrogens (tertiary/aromatic N) is 2. The van der Waals surface area contributed by atoms with Gasteiger partial charge in [0.15, 0.2) is 0 Å². The van der Waals surface area contributed by atoms with Gasteiger partial charge in [-0.1, -0.05) is 0 Å². The van der Waals surface area contributed by atoms with Crippen LogP contribution in [0, 0.1) is 0 Å². The molecule has 0 saturated carbocycles. The first-order chi connectivity index (χ1) is 9.93. The maximum Gasteiger partial charge on any atom is 0.417 e. The summed E-state index contributed by atoms with van der Waals surface area (Å²) in [7, 11) is 0. The number of ether oxygens (including phenoxy) is 2. The van der Waals surface area contributed by atoms with Crippen LogP contribution in [-0.4, -0.2) is 46.7 Å². The molecule has 0 aliphatic carbocycles. The highest BCUT2D eigenvalue weighted by molar-refractivity contribution is 5.20. The molecule has 0 unspecified atom stereocenters. The van der Waals surface area contributed by atoms with Crippen LogP contribution in [0.2, 0.25) is 0 Å². The maximum absolute atomic E-state index is 12.4. The number of aromatic nitrogens is 1. The standard InChI is InChI=1S/C13H15F3N2O3/c14-13(15,16)8-1-2-12(17-5-8)21-11-3-9-6-20-7-10(4-11)18(9)19/h1-2,5,9-11,19H,3-4,6-7H2/t9-,10+,11-. The van der Waals surface area contributed by atoms with Crippen molar-refractivity contribution in [1.82, 2.24) is 10.0 Å². The molecule has 1 aromatic rings. The molecule has 2 saturated heterocycles. The number of morpholine rings is 1. The fourth-order valence-corrected chi connectivity index (χ4v) is 2.73. The van der Waals surface area contributed by atoms with Crippen molar-refractivity contribution >= 4 is 0 Å².